The Morgan fingerprint density at radius 1 is 1.00 bits per heavy atom. The van der Waals surface area contributed by atoms with Crippen LogP contribution in [0.5, 0.6) is 0 Å². The van der Waals surface area contributed by atoms with Gasteiger partial charge in [0.1, 0.15) is 23.2 Å². The Morgan fingerprint density at radius 2 is 1.75 bits per heavy atom. The minimum Gasteiger partial charge on any atom is -0.298 e. The van der Waals surface area contributed by atoms with Crippen LogP contribution in [-0.4, -0.2) is 11.5 Å². The average molecular weight is 296 g/mol. The number of hydrogen-bond acceptors (Lipinski definition) is 2. The highest BCUT2D eigenvalue weighted by Crippen LogP contribution is 2.19. The summed E-state index contributed by atoms with van der Waals surface area (Å²) < 4.78 is 39.3. The number of rotatable bonds is 5. The van der Waals surface area contributed by atoms with Crippen molar-refractivity contribution in [3.8, 4) is 0 Å². The summed E-state index contributed by atoms with van der Waals surface area (Å²) in [6, 6.07) is 8.88. The van der Waals surface area contributed by atoms with Crippen LogP contribution >= 0.6 is 11.8 Å². The van der Waals surface area contributed by atoms with Crippen molar-refractivity contribution < 1.29 is 18.0 Å². The molecule has 0 atom stereocenters. The number of halogens is 3. The molecule has 2 rings (SSSR count). The van der Waals surface area contributed by atoms with Gasteiger partial charge in [-0.15, -0.1) is 11.8 Å². The summed E-state index contributed by atoms with van der Waals surface area (Å²) in [7, 11) is 0. The van der Waals surface area contributed by atoms with Gasteiger partial charge in [-0.3, -0.25) is 4.79 Å². The van der Waals surface area contributed by atoms with E-state index in [1.165, 1.54) is 23.9 Å². The largest absolute Gasteiger partial charge is 0.298 e. The lowest BCUT2D eigenvalue weighted by Crippen LogP contribution is -2.07. The molecular formula is C15H11F3OS. The first kappa shape index (κ1) is 14.7. The third-order valence-corrected chi connectivity index (χ3v) is 3.64. The fourth-order valence-electron chi connectivity index (χ4n) is 1.66. The fourth-order valence-corrected chi connectivity index (χ4v) is 2.46. The molecule has 0 N–H and O–H groups in total. The summed E-state index contributed by atoms with van der Waals surface area (Å²) in [5, 5.41) is 0. The minimum absolute atomic E-state index is 0.0369. The van der Waals surface area contributed by atoms with Gasteiger partial charge in [0, 0.05) is 11.3 Å². The van der Waals surface area contributed by atoms with Crippen molar-refractivity contribution in [3.63, 3.8) is 0 Å². The third kappa shape index (κ3) is 4.13. The van der Waals surface area contributed by atoms with Gasteiger partial charge in [0.25, 0.3) is 0 Å². The van der Waals surface area contributed by atoms with Crippen LogP contribution in [0, 0.1) is 17.5 Å². The SMILES string of the molecule is O=C(CSc1cccc(F)c1)Cc1cc(F)ccc1F. The molecule has 0 saturated carbocycles. The van der Waals surface area contributed by atoms with E-state index in [1.807, 2.05) is 0 Å². The number of carbonyl (C=O) groups is 1. The van der Waals surface area contributed by atoms with E-state index >= 15 is 0 Å². The highest BCUT2D eigenvalue weighted by atomic mass is 32.2. The topological polar surface area (TPSA) is 17.1 Å². The van der Waals surface area contributed by atoms with Gasteiger partial charge < -0.3 is 0 Å². The van der Waals surface area contributed by atoms with Crippen LogP contribution in [0.3, 0.4) is 0 Å². The van der Waals surface area contributed by atoms with E-state index in [2.05, 4.69) is 0 Å². The summed E-state index contributed by atoms with van der Waals surface area (Å²) in [5.41, 5.74) is 0.0369. The second kappa shape index (κ2) is 6.61. The molecular weight excluding hydrogens is 285 g/mol. The molecule has 0 aromatic heterocycles. The van der Waals surface area contributed by atoms with Gasteiger partial charge in [0.2, 0.25) is 0 Å². The Kier molecular flexibility index (Phi) is 4.84. The molecule has 2 aromatic carbocycles. The summed E-state index contributed by atoms with van der Waals surface area (Å²) in [6.07, 6.45) is -0.175. The molecule has 0 aliphatic heterocycles. The molecule has 0 aliphatic rings. The van der Waals surface area contributed by atoms with Crippen molar-refractivity contribution in [2.45, 2.75) is 11.3 Å². The maximum absolute atomic E-state index is 13.4. The van der Waals surface area contributed by atoms with Gasteiger partial charge >= 0.3 is 0 Å². The smallest absolute Gasteiger partial charge is 0.147 e. The first-order valence-electron chi connectivity index (χ1n) is 5.88. The molecule has 0 aliphatic carbocycles. The number of carbonyl (C=O) groups excluding carboxylic acids is 1. The lowest BCUT2D eigenvalue weighted by Gasteiger charge is -2.04. The zero-order valence-corrected chi connectivity index (χ0v) is 11.2. The summed E-state index contributed by atoms with van der Waals surface area (Å²) in [5.74, 6) is -1.72. The maximum Gasteiger partial charge on any atom is 0.147 e. The molecule has 0 saturated heterocycles. The molecule has 5 heteroatoms. The van der Waals surface area contributed by atoms with Crippen molar-refractivity contribution in [1.29, 1.82) is 0 Å². The molecule has 2 aromatic rings. The summed E-state index contributed by atoms with van der Waals surface area (Å²) >= 11 is 1.17. The lowest BCUT2D eigenvalue weighted by molar-refractivity contribution is -0.116. The van der Waals surface area contributed by atoms with Crippen molar-refractivity contribution in [2.24, 2.45) is 0 Å². The van der Waals surface area contributed by atoms with E-state index in [1.54, 1.807) is 12.1 Å². The standard InChI is InChI=1S/C15H11F3OS/c16-11-2-1-3-14(8-11)20-9-13(19)7-10-6-12(17)4-5-15(10)18/h1-6,8H,7,9H2. The van der Waals surface area contributed by atoms with Gasteiger partial charge in [-0.05, 0) is 42.0 Å². The Hall–Kier alpha value is -1.75. The van der Waals surface area contributed by atoms with E-state index in [4.69, 9.17) is 0 Å². The van der Waals surface area contributed by atoms with Crippen molar-refractivity contribution in [1.82, 2.24) is 0 Å². The highest BCUT2D eigenvalue weighted by molar-refractivity contribution is 8.00. The monoisotopic (exact) mass is 296 g/mol. The number of hydrogen-bond donors (Lipinski definition) is 0. The molecule has 1 nitrogen and oxygen atoms in total. The summed E-state index contributed by atoms with van der Waals surface area (Å²) in [6.45, 7) is 0. The van der Waals surface area contributed by atoms with Crippen LogP contribution in [0.15, 0.2) is 47.4 Å². The second-order valence-electron chi connectivity index (χ2n) is 4.20. The molecule has 0 unspecified atom stereocenters. The van der Waals surface area contributed by atoms with Crippen LogP contribution in [-0.2, 0) is 11.2 Å². The van der Waals surface area contributed by atoms with Crippen molar-refractivity contribution in [3.05, 3.63) is 65.5 Å². The molecule has 0 radical (unpaired) electrons. The van der Waals surface area contributed by atoms with Crippen LogP contribution in [0.4, 0.5) is 13.2 Å². The quantitative estimate of drug-likeness (QED) is 0.776. The van der Waals surface area contributed by atoms with E-state index in [9.17, 15) is 18.0 Å². The highest BCUT2D eigenvalue weighted by Gasteiger charge is 2.10. The van der Waals surface area contributed by atoms with Gasteiger partial charge in [-0.25, -0.2) is 13.2 Å². The zero-order chi connectivity index (χ0) is 14.5. The average Bonchev–Trinajstić information content (AvgIpc) is 2.41. The Morgan fingerprint density at radius 3 is 2.50 bits per heavy atom. The van der Waals surface area contributed by atoms with Gasteiger partial charge in [0.05, 0.1) is 5.75 Å². The van der Waals surface area contributed by atoms with Crippen molar-refractivity contribution in [2.75, 3.05) is 5.75 Å². The second-order valence-corrected chi connectivity index (χ2v) is 5.25. The first-order chi connectivity index (χ1) is 9.54. The Balaban J connectivity index is 1.94. The summed E-state index contributed by atoms with van der Waals surface area (Å²) in [4.78, 5) is 12.4. The Bertz CT molecular complexity index is 628. The maximum atomic E-state index is 13.4. The Labute approximate surface area is 118 Å². The van der Waals surface area contributed by atoms with Gasteiger partial charge in [0.15, 0.2) is 0 Å². The van der Waals surface area contributed by atoms with E-state index < -0.39 is 11.6 Å². The zero-order valence-electron chi connectivity index (χ0n) is 10.4. The molecule has 104 valence electrons. The van der Waals surface area contributed by atoms with Crippen LogP contribution in [0.2, 0.25) is 0 Å². The predicted molar refractivity (Wildman–Crippen MR) is 72.2 cm³/mol. The first-order valence-corrected chi connectivity index (χ1v) is 6.87. The van der Waals surface area contributed by atoms with E-state index in [0.717, 1.165) is 18.2 Å². The van der Waals surface area contributed by atoms with Crippen LogP contribution in [0.25, 0.3) is 0 Å². The molecule has 20 heavy (non-hydrogen) atoms. The van der Waals surface area contributed by atoms with Gasteiger partial charge in [-0.2, -0.15) is 0 Å². The predicted octanol–water partition coefficient (Wildman–Crippen LogP) is 4.01. The fraction of sp³-hybridized carbons (Fsp3) is 0.133. The minimum atomic E-state index is -0.601. The van der Waals surface area contributed by atoms with Crippen LogP contribution in [0.1, 0.15) is 5.56 Å². The third-order valence-electron chi connectivity index (χ3n) is 2.59. The van der Waals surface area contributed by atoms with E-state index in [-0.39, 0.29) is 29.3 Å². The molecule has 0 fully saturated rings. The normalized spacial score (nSPS) is 10.6. The molecule has 0 heterocycles. The lowest BCUT2D eigenvalue weighted by atomic mass is 10.1. The number of thioether (sulfide) groups is 1. The van der Waals surface area contributed by atoms with E-state index in [0.29, 0.717) is 4.90 Å². The van der Waals surface area contributed by atoms with Crippen molar-refractivity contribution >= 4 is 17.5 Å². The number of ketones is 1. The molecule has 0 amide bonds. The van der Waals surface area contributed by atoms with Crippen LogP contribution < -0.4 is 0 Å². The van der Waals surface area contributed by atoms with Gasteiger partial charge in [-0.1, -0.05) is 6.07 Å². The molecule has 0 spiro atoms. The molecule has 0 bridgehead atoms. The number of benzene rings is 2. The number of Topliss-reactive ketones (excluding diaryl/α,β-unsaturated/α-hetero) is 1.